The van der Waals surface area contributed by atoms with Crippen LogP contribution in [0.25, 0.3) is 0 Å². The van der Waals surface area contributed by atoms with Crippen molar-refractivity contribution in [2.24, 2.45) is 5.41 Å². The lowest BCUT2D eigenvalue weighted by Crippen LogP contribution is -2.51. The van der Waals surface area contributed by atoms with Crippen LogP contribution in [0.15, 0.2) is 28.7 Å². The molecule has 0 N–H and O–H groups in total. The predicted molar refractivity (Wildman–Crippen MR) is 66.1 cm³/mol. The lowest BCUT2D eigenvalue weighted by atomic mass is 9.68. The summed E-state index contributed by atoms with van der Waals surface area (Å²) in [6, 6.07) is 8.04. The molecule has 0 aromatic heterocycles. The third kappa shape index (κ3) is 2.20. The summed E-state index contributed by atoms with van der Waals surface area (Å²) in [5.41, 5.74) is 0.841. The average molecular weight is 283 g/mol. The number of carbonyl (C=O) groups is 1. The van der Waals surface area contributed by atoms with E-state index in [1.807, 2.05) is 38.1 Å². The van der Waals surface area contributed by atoms with Crippen molar-refractivity contribution < 1.29 is 9.53 Å². The first kappa shape index (κ1) is 11.8. The molecule has 1 aromatic rings. The number of ketones is 1. The minimum Gasteiger partial charge on any atom is -0.372 e. The van der Waals surface area contributed by atoms with Gasteiger partial charge in [-0.2, -0.15) is 0 Å². The third-order valence-electron chi connectivity index (χ3n) is 3.26. The second-order valence-electron chi connectivity index (χ2n) is 4.78. The van der Waals surface area contributed by atoms with Gasteiger partial charge in [0.15, 0.2) is 0 Å². The Morgan fingerprint density at radius 3 is 2.50 bits per heavy atom. The van der Waals surface area contributed by atoms with E-state index < -0.39 is 0 Å². The van der Waals surface area contributed by atoms with E-state index in [2.05, 4.69) is 15.9 Å². The molecule has 16 heavy (non-hydrogen) atoms. The number of ether oxygens (including phenoxy) is 1. The maximum atomic E-state index is 11.3. The van der Waals surface area contributed by atoms with Gasteiger partial charge in [-0.15, -0.1) is 0 Å². The van der Waals surface area contributed by atoms with Crippen LogP contribution in [0.4, 0.5) is 0 Å². The number of hydrogen-bond donors (Lipinski definition) is 0. The fourth-order valence-corrected chi connectivity index (χ4v) is 2.04. The molecule has 2 rings (SSSR count). The predicted octanol–water partition coefficient (Wildman–Crippen LogP) is 3.33. The second kappa shape index (κ2) is 4.30. The van der Waals surface area contributed by atoms with E-state index in [-0.39, 0.29) is 11.5 Å². The Hall–Kier alpha value is -0.670. The Morgan fingerprint density at radius 1 is 1.38 bits per heavy atom. The highest BCUT2D eigenvalue weighted by atomic mass is 79.9. The van der Waals surface area contributed by atoms with Crippen LogP contribution in [0.3, 0.4) is 0 Å². The van der Waals surface area contributed by atoms with Crippen LogP contribution in [-0.4, -0.2) is 11.9 Å². The minimum absolute atomic E-state index is 0.0728. The summed E-state index contributed by atoms with van der Waals surface area (Å²) >= 11 is 3.39. The molecule has 0 amide bonds. The zero-order valence-electron chi connectivity index (χ0n) is 9.50. The molecule has 1 aliphatic carbocycles. The van der Waals surface area contributed by atoms with E-state index >= 15 is 0 Å². The molecule has 3 heteroatoms. The van der Waals surface area contributed by atoms with Crippen LogP contribution < -0.4 is 0 Å². The summed E-state index contributed by atoms with van der Waals surface area (Å²) in [5.74, 6) is 0.299. The molecule has 1 unspecified atom stereocenters. The van der Waals surface area contributed by atoms with Gasteiger partial charge in [-0.05, 0) is 17.7 Å². The van der Waals surface area contributed by atoms with Crippen molar-refractivity contribution in [2.45, 2.75) is 33.0 Å². The van der Waals surface area contributed by atoms with Gasteiger partial charge in [0, 0.05) is 10.9 Å². The van der Waals surface area contributed by atoms with Gasteiger partial charge in [-0.1, -0.05) is 41.9 Å². The van der Waals surface area contributed by atoms with Gasteiger partial charge in [0.05, 0.1) is 18.1 Å². The van der Waals surface area contributed by atoms with E-state index in [4.69, 9.17) is 4.74 Å². The average Bonchev–Trinajstić information content (AvgIpc) is 2.26. The second-order valence-corrected chi connectivity index (χ2v) is 5.69. The van der Waals surface area contributed by atoms with Crippen molar-refractivity contribution in [3.63, 3.8) is 0 Å². The Labute approximate surface area is 104 Å². The van der Waals surface area contributed by atoms with Gasteiger partial charge < -0.3 is 4.74 Å². The van der Waals surface area contributed by atoms with Crippen LogP contribution in [-0.2, 0) is 16.1 Å². The number of carbonyl (C=O) groups excluding carboxylic acids is 1. The molecule has 2 nitrogen and oxygen atoms in total. The molecule has 1 saturated carbocycles. The van der Waals surface area contributed by atoms with Crippen LogP contribution in [0.5, 0.6) is 0 Å². The number of halogens is 1. The van der Waals surface area contributed by atoms with Gasteiger partial charge in [0.25, 0.3) is 0 Å². The summed E-state index contributed by atoms with van der Waals surface area (Å²) < 4.78 is 6.82. The fourth-order valence-electron chi connectivity index (χ4n) is 1.78. The number of hydrogen-bond acceptors (Lipinski definition) is 2. The van der Waals surface area contributed by atoms with Crippen molar-refractivity contribution in [3.8, 4) is 0 Å². The molecule has 86 valence electrons. The van der Waals surface area contributed by atoms with Gasteiger partial charge in [-0.3, -0.25) is 4.79 Å². The summed E-state index contributed by atoms with van der Waals surface area (Å²) in [7, 11) is 0. The quantitative estimate of drug-likeness (QED) is 0.850. The van der Waals surface area contributed by atoms with E-state index in [1.54, 1.807) is 0 Å². The van der Waals surface area contributed by atoms with Gasteiger partial charge in [0.1, 0.15) is 5.78 Å². The van der Waals surface area contributed by atoms with E-state index in [0.29, 0.717) is 18.8 Å². The lowest BCUT2D eigenvalue weighted by molar-refractivity contribution is -0.159. The molecule has 1 aliphatic rings. The molecular formula is C13H15BrO2. The third-order valence-corrected chi connectivity index (χ3v) is 3.79. The molecule has 1 atom stereocenters. The van der Waals surface area contributed by atoms with Crippen molar-refractivity contribution in [2.75, 3.05) is 0 Å². The van der Waals surface area contributed by atoms with Crippen molar-refractivity contribution in [1.29, 1.82) is 0 Å². The van der Waals surface area contributed by atoms with Crippen molar-refractivity contribution in [1.82, 2.24) is 0 Å². The smallest absolute Gasteiger partial charge is 0.143 e. The molecule has 0 bridgehead atoms. The van der Waals surface area contributed by atoms with Crippen molar-refractivity contribution >= 4 is 21.7 Å². The molecule has 1 aromatic carbocycles. The molecule has 0 saturated heterocycles. The first-order valence-electron chi connectivity index (χ1n) is 5.39. The molecule has 0 spiro atoms. The maximum Gasteiger partial charge on any atom is 0.143 e. The van der Waals surface area contributed by atoms with Crippen LogP contribution >= 0.6 is 15.9 Å². The van der Waals surface area contributed by atoms with E-state index in [0.717, 1.165) is 10.0 Å². The van der Waals surface area contributed by atoms with Gasteiger partial charge in [-0.25, -0.2) is 0 Å². The Kier molecular flexibility index (Phi) is 3.17. The van der Waals surface area contributed by atoms with Crippen LogP contribution in [0.1, 0.15) is 25.8 Å². The Balaban J connectivity index is 1.89. The zero-order valence-corrected chi connectivity index (χ0v) is 11.1. The maximum absolute atomic E-state index is 11.3. The summed E-state index contributed by atoms with van der Waals surface area (Å²) in [6.07, 6.45) is 0.632. The molecule has 0 heterocycles. The highest BCUT2D eigenvalue weighted by Crippen LogP contribution is 2.39. The van der Waals surface area contributed by atoms with E-state index in [1.165, 1.54) is 0 Å². The van der Waals surface area contributed by atoms with Crippen LogP contribution in [0, 0.1) is 5.41 Å². The van der Waals surface area contributed by atoms with Crippen LogP contribution in [0.2, 0.25) is 0 Å². The fraction of sp³-hybridized carbons (Fsp3) is 0.462. The number of rotatable bonds is 3. The SMILES string of the molecule is CC1(C)C(=O)CC1OCc1ccc(Br)cc1. The summed E-state index contributed by atoms with van der Waals surface area (Å²) in [6.45, 7) is 4.48. The lowest BCUT2D eigenvalue weighted by Gasteiger charge is -2.41. The van der Waals surface area contributed by atoms with Crippen molar-refractivity contribution in [3.05, 3.63) is 34.3 Å². The zero-order chi connectivity index (χ0) is 11.8. The minimum atomic E-state index is -0.296. The molecule has 1 fully saturated rings. The van der Waals surface area contributed by atoms with E-state index in [9.17, 15) is 4.79 Å². The monoisotopic (exact) mass is 282 g/mol. The number of Topliss-reactive ketones (excluding diaryl/α,β-unsaturated/α-hetero) is 1. The largest absolute Gasteiger partial charge is 0.372 e. The number of benzene rings is 1. The highest BCUT2D eigenvalue weighted by Gasteiger charge is 2.48. The first-order valence-corrected chi connectivity index (χ1v) is 6.19. The standard InChI is InChI=1S/C13H15BrO2/c1-13(2)11(15)7-12(13)16-8-9-3-5-10(14)6-4-9/h3-6,12H,7-8H2,1-2H3. The van der Waals surface area contributed by atoms with Gasteiger partial charge >= 0.3 is 0 Å². The topological polar surface area (TPSA) is 26.3 Å². The molecular weight excluding hydrogens is 268 g/mol. The first-order chi connectivity index (χ1) is 7.50. The highest BCUT2D eigenvalue weighted by molar-refractivity contribution is 9.10. The van der Waals surface area contributed by atoms with Gasteiger partial charge in [0.2, 0.25) is 0 Å². The Bertz CT molecular complexity index is 395. The molecule has 0 radical (unpaired) electrons. The normalized spacial score (nSPS) is 22.9. The summed E-state index contributed by atoms with van der Waals surface area (Å²) in [5, 5.41) is 0. The Morgan fingerprint density at radius 2 is 2.00 bits per heavy atom. The summed E-state index contributed by atoms with van der Waals surface area (Å²) in [4.78, 5) is 11.3. The molecule has 0 aliphatic heterocycles.